The molecule has 1 amide bonds. The van der Waals surface area contributed by atoms with E-state index in [4.69, 9.17) is 5.11 Å². The Balaban J connectivity index is 2.82. The topological polar surface area (TPSA) is 66.4 Å². The first kappa shape index (κ1) is 12.9. The van der Waals surface area contributed by atoms with Crippen molar-refractivity contribution < 1.29 is 14.7 Å². The second-order valence-corrected chi connectivity index (χ2v) is 4.22. The normalized spacial score (nSPS) is 11.9. The Kier molecular flexibility index (Phi) is 4.64. The number of carbonyl (C=O) groups excluding carboxylic acids is 2. The highest BCUT2D eigenvalue weighted by Gasteiger charge is 2.19. The number of Topliss-reactive ketones (excluding diaryl/α,β-unsaturated/α-hetero) is 1. The third-order valence-corrected chi connectivity index (χ3v) is 2.53. The molecule has 0 aromatic heterocycles. The average molecular weight is 286 g/mol. The van der Waals surface area contributed by atoms with Crippen LogP contribution in [0.25, 0.3) is 0 Å². The number of aliphatic hydroxyl groups excluding tert-OH is 1. The van der Waals surface area contributed by atoms with Crippen molar-refractivity contribution in [1.29, 1.82) is 0 Å². The van der Waals surface area contributed by atoms with Crippen molar-refractivity contribution in [3.8, 4) is 0 Å². The minimum Gasteiger partial charge on any atom is -0.394 e. The standard InChI is InChI=1S/C11H12BrNO3/c1-7(15)13-10(6-14)11(16)8-2-4-9(12)5-3-8/h2-5,10,14H,6H2,1H3,(H,13,15). The van der Waals surface area contributed by atoms with Crippen molar-refractivity contribution in [1.82, 2.24) is 5.32 Å². The SMILES string of the molecule is CC(=O)NC(CO)C(=O)c1ccc(Br)cc1. The van der Waals surface area contributed by atoms with E-state index in [0.717, 1.165) is 4.47 Å². The zero-order valence-corrected chi connectivity index (χ0v) is 10.3. The minimum absolute atomic E-state index is 0.301. The summed E-state index contributed by atoms with van der Waals surface area (Å²) in [6, 6.07) is 5.86. The lowest BCUT2D eigenvalue weighted by Gasteiger charge is -2.13. The van der Waals surface area contributed by atoms with E-state index in [-0.39, 0.29) is 11.7 Å². The van der Waals surface area contributed by atoms with Crippen molar-refractivity contribution in [2.75, 3.05) is 6.61 Å². The molecule has 1 unspecified atom stereocenters. The van der Waals surface area contributed by atoms with Crippen LogP contribution in [-0.2, 0) is 4.79 Å². The van der Waals surface area contributed by atoms with Gasteiger partial charge in [-0.3, -0.25) is 9.59 Å². The summed E-state index contributed by atoms with van der Waals surface area (Å²) in [4.78, 5) is 22.7. The van der Waals surface area contributed by atoms with Crippen LogP contribution in [0.4, 0.5) is 0 Å². The highest BCUT2D eigenvalue weighted by Crippen LogP contribution is 2.12. The van der Waals surface area contributed by atoms with Crippen LogP contribution in [0.15, 0.2) is 28.7 Å². The van der Waals surface area contributed by atoms with Crippen molar-refractivity contribution in [2.45, 2.75) is 13.0 Å². The number of benzene rings is 1. The number of halogens is 1. The Labute approximate surface area is 102 Å². The van der Waals surface area contributed by atoms with Gasteiger partial charge in [-0.05, 0) is 12.1 Å². The maximum Gasteiger partial charge on any atom is 0.217 e. The van der Waals surface area contributed by atoms with Crippen LogP contribution in [-0.4, -0.2) is 29.4 Å². The molecule has 0 aliphatic rings. The average Bonchev–Trinajstić information content (AvgIpc) is 2.25. The minimum atomic E-state index is -0.876. The highest BCUT2D eigenvalue weighted by molar-refractivity contribution is 9.10. The van der Waals surface area contributed by atoms with E-state index in [1.165, 1.54) is 6.92 Å². The molecule has 16 heavy (non-hydrogen) atoms. The quantitative estimate of drug-likeness (QED) is 0.815. The van der Waals surface area contributed by atoms with Gasteiger partial charge in [0.05, 0.1) is 6.61 Å². The summed E-state index contributed by atoms with van der Waals surface area (Å²) in [5.74, 6) is -0.644. The number of carbonyl (C=O) groups is 2. The lowest BCUT2D eigenvalue weighted by Crippen LogP contribution is -2.42. The first-order valence-corrected chi connectivity index (χ1v) is 5.51. The smallest absolute Gasteiger partial charge is 0.217 e. The molecule has 4 nitrogen and oxygen atoms in total. The van der Waals surface area contributed by atoms with E-state index in [2.05, 4.69) is 21.2 Å². The van der Waals surface area contributed by atoms with Gasteiger partial charge in [0.2, 0.25) is 5.91 Å². The Bertz CT molecular complexity index is 389. The molecule has 2 N–H and O–H groups in total. The summed E-state index contributed by atoms with van der Waals surface area (Å²) in [5, 5.41) is 11.4. The van der Waals surface area contributed by atoms with Crippen LogP contribution in [0.1, 0.15) is 17.3 Å². The van der Waals surface area contributed by atoms with E-state index < -0.39 is 12.6 Å². The van der Waals surface area contributed by atoms with Gasteiger partial charge in [-0.15, -0.1) is 0 Å². The van der Waals surface area contributed by atoms with Crippen molar-refractivity contribution in [3.05, 3.63) is 34.3 Å². The first-order chi connectivity index (χ1) is 7.54. The molecular weight excluding hydrogens is 274 g/mol. The molecule has 5 heteroatoms. The number of rotatable bonds is 4. The fraction of sp³-hybridized carbons (Fsp3) is 0.273. The van der Waals surface area contributed by atoms with Crippen LogP contribution < -0.4 is 5.32 Å². The highest BCUT2D eigenvalue weighted by atomic mass is 79.9. The number of hydrogen-bond acceptors (Lipinski definition) is 3. The fourth-order valence-corrected chi connectivity index (χ4v) is 1.52. The van der Waals surface area contributed by atoms with Gasteiger partial charge in [-0.1, -0.05) is 28.1 Å². The van der Waals surface area contributed by atoms with Crippen LogP contribution in [0, 0.1) is 0 Å². The van der Waals surface area contributed by atoms with Gasteiger partial charge in [0.25, 0.3) is 0 Å². The number of nitrogens with one attached hydrogen (secondary N) is 1. The van der Waals surface area contributed by atoms with Gasteiger partial charge in [-0.2, -0.15) is 0 Å². The predicted octanol–water partition coefficient (Wildman–Crippen LogP) is 1.13. The summed E-state index contributed by atoms with van der Waals surface area (Å²) in [6.07, 6.45) is 0. The number of aliphatic hydroxyl groups is 1. The lowest BCUT2D eigenvalue weighted by molar-refractivity contribution is -0.119. The molecule has 0 radical (unpaired) electrons. The Morgan fingerprint density at radius 2 is 1.94 bits per heavy atom. The summed E-state index contributed by atoms with van der Waals surface area (Å²) >= 11 is 3.26. The molecule has 0 aliphatic carbocycles. The Hall–Kier alpha value is -1.20. The van der Waals surface area contributed by atoms with Crippen LogP contribution in [0.5, 0.6) is 0 Å². The van der Waals surface area contributed by atoms with Gasteiger partial charge < -0.3 is 10.4 Å². The van der Waals surface area contributed by atoms with E-state index in [0.29, 0.717) is 5.56 Å². The van der Waals surface area contributed by atoms with Crippen molar-refractivity contribution in [3.63, 3.8) is 0 Å². The largest absolute Gasteiger partial charge is 0.394 e. The third kappa shape index (κ3) is 3.43. The zero-order valence-electron chi connectivity index (χ0n) is 8.74. The van der Waals surface area contributed by atoms with Crippen LogP contribution >= 0.6 is 15.9 Å². The zero-order chi connectivity index (χ0) is 12.1. The van der Waals surface area contributed by atoms with Gasteiger partial charge in [0.15, 0.2) is 5.78 Å². The van der Waals surface area contributed by atoms with Crippen LogP contribution in [0.3, 0.4) is 0 Å². The maximum absolute atomic E-state index is 11.8. The van der Waals surface area contributed by atoms with Crippen LogP contribution in [0.2, 0.25) is 0 Å². The van der Waals surface area contributed by atoms with Crippen molar-refractivity contribution >= 4 is 27.6 Å². The monoisotopic (exact) mass is 285 g/mol. The molecule has 1 rings (SSSR count). The van der Waals surface area contributed by atoms with Gasteiger partial charge in [0, 0.05) is 17.0 Å². The number of hydrogen-bond donors (Lipinski definition) is 2. The van der Waals surface area contributed by atoms with Crippen molar-refractivity contribution in [2.24, 2.45) is 0 Å². The predicted molar refractivity (Wildman–Crippen MR) is 63.2 cm³/mol. The lowest BCUT2D eigenvalue weighted by atomic mass is 10.1. The second-order valence-electron chi connectivity index (χ2n) is 3.31. The Morgan fingerprint density at radius 3 is 2.38 bits per heavy atom. The van der Waals surface area contributed by atoms with Gasteiger partial charge >= 0.3 is 0 Å². The first-order valence-electron chi connectivity index (χ1n) is 4.72. The Morgan fingerprint density at radius 1 is 1.38 bits per heavy atom. The molecule has 0 bridgehead atoms. The molecule has 86 valence electrons. The molecule has 0 aliphatic heterocycles. The fourth-order valence-electron chi connectivity index (χ4n) is 1.25. The van der Waals surface area contributed by atoms with Gasteiger partial charge in [0.1, 0.15) is 6.04 Å². The molecule has 0 saturated heterocycles. The molecule has 1 aromatic rings. The summed E-state index contributed by atoms with van der Waals surface area (Å²) in [6.45, 7) is 0.895. The number of amides is 1. The van der Waals surface area contributed by atoms with Gasteiger partial charge in [-0.25, -0.2) is 0 Å². The summed E-state index contributed by atoms with van der Waals surface area (Å²) < 4.78 is 0.865. The summed E-state index contributed by atoms with van der Waals surface area (Å²) in [7, 11) is 0. The van der Waals surface area contributed by atoms with E-state index in [1.807, 2.05) is 0 Å². The summed E-state index contributed by atoms with van der Waals surface area (Å²) in [5.41, 5.74) is 0.455. The van der Waals surface area contributed by atoms with E-state index in [1.54, 1.807) is 24.3 Å². The molecule has 1 aromatic carbocycles. The number of ketones is 1. The van der Waals surface area contributed by atoms with E-state index in [9.17, 15) is 9.59 Å². The molecule has 0 fully saturated rings. The van der Waals surface area contributed by atoms with E-state index >= 15 is 0 Å². The maximum atomic E-state index is 11.8. The molecule has 1 atom stereocenters. The second kappa shape index (κ2) is 5.77. The third-order valence-electron chi connectivity index (χ3n) is 2.01. The molecular formula is C11H12BrNO3. The molecule has 0 saturated carbocycles. The molecule has 0 heterocycles. The molecule has 0 spiro atoms.